The molecule has 1 fully saturated rings. The standard InChI is InChI=1S/C13H15Cl2N3O3/c1-2-21-13(20)8-3-5-18(6-4-8)12(19)9-7-10(14)16-17-11(9)15/h7-8H,2-6H2,1H3. The van der Waals surface area contributed by atoms with Crippen LogP contribution in [0.3, 0.4) is 0 Å². The Hall–Kier alpha value is -1.40. The molecule has 1 aromatic heterocycles. The van der Waals surface area contributed by atoms with E-state index in [2.05, 4.69) is 10.2 Å². The van der Waals surface area contributed by atoms with Crippen molar-refractivity contribution >= 4 is 35.1 Å². The second-order valence-electron chi connectivity index (χ2n) is 4.69. The minimum absolute atomic E-state index is 0.0249. The van der Waals surface area contributed by atoms with Gasteiger partial charge in [0, 0.05) is 13.1 Å². The van der Waals surface area contributed by atoms with E-state index in [0.717, 1.165) is 0 Å². The Bertz CT molecular complexity index is 545. The second-order valence-corrected chi connectivity index (χ2v) is 5.44. The summed E-state index contributed by atoms with van der Waals surface area (Å²) in [7, 11) is 0. The summed E-state index contributed by atoms with van der Waals surface area (Å²) >= 11 is 11.6. The average Bonchev–Trinajstić information content (AvgIpc) is 2.49. The van der Waals surface area contributed by atoms with Crippen LogP contribution in [-0.2, 0) is 9.53 Å². The number of hydrogen-bond donors (Lipinski definition) is 0. The molecule has 2 rings (SSSR count). The molecular weight excluding hydrogens is 317 g/mol. The minimum Gasteiger partial charge on any atom is -0.466 e. The average molecular weight is 332 g/mol. The van der Waals surface area contributed by atoms with Crippen molar-refractivity contribution in [1.29, 1.82) is 0 Å². The lowest BCUT2D eigenvalue weighted by atomic mass is 9.96. The molecule has 6 nitrogen and oxygen atoms in total. The molecule has 0 N–H and O–H groups in total. The number of piperidine rings is 1. The van der Waals surface area contributed by atoms with Crippen LogP contribution in [0.4, 0.5) is 0 Å². The van der Waals surface area contributed by atoms with Crippen molar-refractivity contribution in [1.82, 2.24) is 15.1 Å². The number of rotatable bonds is 3. The third-order valence-corrected chi connectivity index (χ3v) is 3.82. The minimum atomic E-state index is -0.251. The molecule has 0 bridgehead atoms. The van der Waals surface area contributed by atoms with Crippen molar-refractivity contribution in [3.05, 3.63) is 21.9 Å². The van der Waals surface area contributed by atoms with Gasteiger partial charge in [0.15, 0.2) is 10.3 Å². The maximum Gasteiger partial charge on any atom is 0.309 e. The fourth-order valence-electron chi connectivity index (χ4n) is 2.25. The fraction of sp³-hybridized carbons (Fsp3) is 0.538. The highest BCUT2D eigenvalue weighted by Crippen LogP contribution is 2.23. The van der Waals surface area contributed by atoms with Gasteiger partial charge < -0.3 is 9.64 Å². The van der Waals surface area contributed by atoms with Crippen LogP contribution in [0.1, 0.15) is 30.1 Å². The van der Waals surface area contributed by atoms with Crippen LogP contribution < -0.4 is 0 Å². The van der Waals surface area contributed by atoms with Gasteiger partial charge in [0.1, 0.15) is 0 Å². The molecule has 8 heteroatoms. The summed E-state index contributed by atoms with van der Waals surface area (Å²) in [6, 6.07) is 1.40. The predicted molar refractivity (Wildman–Crippen MR) is 77.3 cm³/mol. The summed E-state index contributed by atoms with van der Waals surface area (Å²) in [4.78, 5) is 25.7. The third kappa shape index (κ3) is 3.83. The first-order valence-electron chi connectivity index (χ1n) is 6.67. The van der Waals surface area contributed by atoms with E-state index in [1.165, 1.54) is 6.07 Å². The van der Waals surface area contributed by atoms with Gasteiger partial charge in [0.2, 0.25) is 0 Å². The van der Waals surface area contributed by atoms with Crippen molar-refractivity contribution in [3.63, 3.8) is 0 Å². The molecular formula is C13H15Cl2N3O3. The maximum atomic E-state index is 12.4. The fourth-order valence-corrected chi connectivity index (χ4v) is 2.57. The number of hydrogen-bond acceptors (Lipinski definition) is 5. The van der Waals surface area contributed by atoms with Crippen LogP contribution in [0.15, 0.2) is 6.07 Å². The Labute approximate surface area is 132 Å². The number of aromatic nitrogens is 2. The summed E-state index contributed by atoms with van der Waals surface area (Å²) in [6.45, 7) is 3.09. The SMILES string of the molecule is CCOC(=O)C1CCN(C(=O)c2cc(Cl)nnc2Cl)CC1. The van der Waals surface area contributed by atoms with Crippen molar-refractivity contribution < 1.29 is 14.3 Å². The van der Waals surface area contributed by atoms with Crippen molar-refractivity contribution in [3.8, 4) is 0 Å². The zero-order valence-electron chi connectivity index (χ0n) is 11.5. The Morgan fingerprint density at radius 2 is 2.00 bits per heavy atom. The lowest BCUT2D eigenvalue weighted by molar-refractivity contribution is -0.149. The van der Waals surface area contributed by atoms with Gasteiger partial charge in [-0.25, -0.2) is 0 Å². The Morgan fingerprint density at radius 1 is 1.33 bits per heavy atom. The van der Waals surface area contributed by atoms with E-state index in [1.807, 2.05) is 0 Å². The first kappa shape index (κ1) is 16.0. The third-order valence-electron chi connectivity index (χ3n) is 3.35. The Morgan fingerprint density at radius 3 is 2.62 bits per heavy atom. The number of carbonyl (C=O) groups is 2. The van der Waals surface area contributed by atoms with Crippen molar-refractivity contribution in [2.24, 2.45) is 5.92 Å². The van der Waals surface area contributed by atoms with Crippen molar-refractivity contribution in [2.75, 3.05) is 19.7 Å². The molecule has 0 aromatic carbocycles. The smallest absolute Gasteiger partial charge is 0.309 e. The number of esters is 1. The number of halogens is 2. The lowest BCUT2D eigenvalue weighted by Gasteiger charge is -2.31. The quantitative estimate of drug-likeness (QED) is 0.794. The number of amides is 1. The van der Waals surface area contributed by atoms with Gasteiger partial charge in [-0.3, -0.25) is 9.59 Å². The van der Waals surface area contributed by atoms with Gasteiger partial charge >= 0.3 is 5.97 Å². The number of likely N-dealkylation sites (tertiary alicyclic amines) is 1. The number of carbonyl (C=O) groups excluding carboxylic acids is 2. The first-order valence-corrected chi connectivity index (χ1v) is 7.43. The lowest BCUT2D eigenvalue weighted by Crippen LogP contribution is -2.40. The zero-order chi connectivity index (χ0) is 15.4. The summed E-state index contributed by atoms with van der Waals surface area (Å²) in [5.41, 5.74) is 0.228. The van der Waals surface area contributed by atoms with Gasteiger partial charge in [-0.15, -0.1) is 10.2 Å². The van der Waals surface area contributed by atoms with Crippen LogP contribution in [0.2, 0.25) is 10.3 Å². The highest BCUT2D eigenvalue weighted by atomic mass is 35.5. The molecule has 1 amide bonds. The molecule has 0 aliphatic carbocycles. The molecule has 0 saturated carbocycles. The summed E-state index contributed by atoms with van der Waals surface area (Å²) in [5, 5.41) is 7.34. The van der Waals surface area contributed by atoms with Gasteiger partial charge in [0.05, 0.1) is 18.1 Å². The highest BCUT2D eigenvalue weighted by Gasteiger charge is 2.29. The molecule has 1 aliphatic heterocycles. The molecule has 1 saturated heterocycles. The van der Waals surface area contributed by atoms with E-state index in [9.17, 15) is 9.59 Å². The van der Waals surface area contributed by atoms with Crippen molar-refractivity contribution in [2.45, 2.75) is 19.8 Å². The van der Waals surface area contributed by atoms with Crippen LogP contribution in [0.5, 0.6) is 0 Å². The van der Waals surface area contributed by atoms with Gasteiger partial charge in [-0.1, -0.05) is 23.2 Å². The monoisotopic (exact) mass is 331 g/mol. The second kappa shape index (κ2) is 7.04. The van der Waals surface area contributed by atoms with Gasteiger partial charge in [-0.2, -0.15) is 0 Å². The Kier molecular flexibility index (Phi) is 5.36. The van der Waals surface area contributed by atoms with E-state index in [4.69, 9.17) is 27.9 Å². The van der Waals surface area contributed by atoms with E-state index < -0.39 is 0 Å². The Balaban J connectivity index is 2.00. The van der Waals surface area contributed by atoms with Crippen LogP contribution in [0.25, 0.3) is 0 Å². The van der Waals surface area contributed by atoms with Crippen LogP contribution in [-0.4, -0.2) is 46.7 Å². The number of nitrogens with zero attached hydrogens (tertiary/aromatic N) is 3. The predicted octanol–water partition coefficient (Wildman–Crippen LogP) is 2.20. The number of ether oxygens (including phenoxy) is 1. The summed E-state index contributed by atoms with van der Waals surface area (Å²) < 4.78 is 5.00. The first-order chi connectivity index (χ1) is 10.0. The molecule has 21 heavy (non-hydrogen) atoms. The normalized spacial score (nSPS) is 15.9. The zero-order valence-corrected chi connectivity index (χ0v) is 13.0. The summed E-state index contributed by atoms with van der Waals surface area (Å²) in [6.07, 6.45) is 1.16. The van der Waals surface area contributed by atoms with E-state index in [1.54, 1.807) is 11.8 Å². The molecule has 0 atom stereocenters. The molecule has 114 valence electrons. The molecule has 0 unspecified atom stereocenters. The van der Waals surface area contributed by atoms with Gasteiger partial charge in [-0.05, 0) is 25.8 Å². The molecule has 2 heterocycles. The topological polar surface area (TPSA) is 72.4 Å². The molecule has 1 aliphatic rings. The van der Waals surface area contributed by atoms with Crippen LogP contribution >= 0.6 is 23.2 Å². The largest absolute Gasteiger partial charge is 0.466 e. The van der Waals surface area contributed by atoms with E-state index in [-0.39, 0.29) is 33.7 Å². The van der Waals surface area contributed by atoms with Gasteiger partial charge in [0.25, 0.3) is 5.91 Å². The highest BCUT2D eigenvalue weighted by molar-refractivity contribution is 6.34. The van der Waals surface area contributed by atoms with E-state index >= 15 is 0 Å². The maximum absolute atomic E-state index is 12.4. The van der Waals surface area contributed by atoms with Crippen LogP contribution in [0, 0.1) is 5.92 Å². The van der Waals surface area contributed by atoms with E-state index in [0.29, 0.717) is 32.5 Å². The molecule has 1 aromatic rings. The molecule has 0 radical (unpaired) electrons. The molecule has 0 spiro atoms. The summed E-state index contributed by atoms with van der Waals surface area (Å²) in [5.74, 6) is -0.598.